The average Bonchev–Trinajstić information content (AvgIpc) is 2.36. The van der Waals surface area contributed by atoms with Gasteiger partial charge in [0, 0.05) is 27.3 Å². The smallest absolute Gasteiger partial charge is 0.381 e. The van der Waals surface area contributed by atoms with Gasteiger partial charge in [-0.25, -0.2) is 4.39 Å². The van der Waals surface area contributed by atoms with E-state index in [2.05, 4.69) is 21.2 Å². The van der Waals surface area contributed by atoms with Crippen LogP contribution in [0.3, 0.4) is 0 Å². The molecular formula is C14H9BrClF4N. The first-order valence-corrected chi connectivity index (χ1v) is 6.98. The second-order valence-electron chi connectivity index (χ2n) is 4.32. The third-order valence-electron chi connectivity index (χ3n) is 2.72. The fraction of sp³-hybridized carbons (Fsp3) is 0.143. The van der Waals surface area contributed by atoms with Crippen molar-refractivity contribution in [1.82, 2.24) is 0 Å². The van der Waals surface area contributed by atoms with Gasteiger partial charge in [0.25, 0.3) is 0 Å². The van der Waals surface area contributed by atoms with Gasteiger partial charge in [0.1, 0.15) is 5.82 Å². The highest BCUT2D eigenvalue weighted by Gasteiger charge is 2.31. The number of rotatable bonds is 3. The molecule has 2 rings (SSSR count). The van der Waals surface area contributed by atoms with E-state index in [1.165, 1.54) is 12.1 Å². The Morgan fingerprint density at radius 1 is 1.10 bits per heavy atom. The fourth-order valence-corrected chi connectivity index (χ4v) is 2.29. The summed E-state index contributed by atoms with van der Waals surface area (Å²) in [4.78, 5) is 0. The Labute approximate surface area is 132 Å². The first kappa shape index (κ1) is 16.1. The van der Waals surface area contributed by atoms with Gasteiger partial charge in [0.05, 0.1) is 5.56 Å². The molecule has 7 heteroatoms. The van der Waals surface area contributed by atoms with Crippen LogP contribution in [0.2, 0.25) is 5.02 Å². The third-order valence-corrected chi connectivity index (χ3v) is 3.43. The Kier molecular flexibility index (Phi) is 4.78. The van der Waals surface area contributed by atoms with E-state index >= 15 is 0 Å². The number of nitrogens with one attached hydrogen (secondary N) is 1. The van der Waals surface area contributed by atoms with Crippen molar-refractivity contribution in [3.8, 4) is 0 Å². The molecular weight excluding hydrogens is 374 g/mol. The molecule has 2 aromatic carbocycles. The van der Waals surface area contributed by atoms with E-state index < -0.39 is 17.6 Å². The minimum Gasteiger partial charge on any atom is -0.381 e. The first-order valence-electron chi connectivity index (χ1n) is 5.81. The molecule has 0 heterocycles. The van der Waals surface area contributed by atoms with E-state index in [1.807, 2.05) is 0 Å². The number of benzene rings is 2. The summed E-state index contributed by atoms with van der Waals surface area (Å²) in [5, 5.41) is 2.70. The third kappa shape index (κ3) is 4.35. The number of alkyl halides is 3. The van der Waals surface area contributed by atoms with E-state index in [0.29, 0.717) is 10.0 Å². The van der Waals surface area contributed by atoms with Crippen molar-refractivity contribution in [2.45, 2.75) is 12.7 Å². The van der Waals surface area contributed by atoms with Crippen LogP contribution in [0.5, 0.6) is 0 Å². The lowest BCUT2D eigenvalue weighted by Gasteiger charge is -2.12. The van der Waals surface area contributed by atoms with Crippen molar-refractivity contribution in [3.63, 3.8) is 0 Å². The molecule has 2 aromatic rings. The standard InChI is InChI=1S/C14H9BrClF4N/c15-10-2-1-8(13(17)5-10)7-21-12-4-9(14(18,19)20)3-11(16)6-12/h1-6,21H,7H2. The summed E-state index contributed by atoms with van der Waals surface area (Å²) in [6.45, 7) is 0.0523. The Morgan fingerprint density at radius 2 is 1.81 bits per heavy atom. The summed E-state index contributed by atoms with van der Waals surface area (Å²) in [6, 6.07) is 7.61. The molecule has 0 saturated heterocycles. The summed E-state index contributed by atoms with van der Waals surface area (Å²) in [5.41, 5.74) is -0.336. The van der Waals surface area contributed by atoms with E-state index in [1.54, 1.807) is 12.1 Å². The molecule has 0 aliphatic heterocycles. The zero-order valence-electron chi connectivity index (χ0n) is 10.4. The van der Waals surface area contributed by atoms with Gasteiger partial charge in [0.2, 0.25) is 0 Å². The number of hydrogen-bond donors (Lipinski definition) is 1. The van der Waals surface area contributed by atoms with Crippen LogP contribution in [0.15, 0.2) is 40.9 Å². The molecule has 0 unspecified atom stereocenters. The Morgan fingerprint density at radius 3 is 2.43 bits per heavy atom. The molecule has 112 valence electrons. The van der Waals surface area contributed by atoms with E-state index in [0.717, 1.165) is 12.1 Å². The Bertz CT molecular complexity index is 658. The second kappa shape index (κ2) is 6.23. The lowest BCUT2D eigenvalue weighted by molar-refractivity contribution is -0.137. The van der Waals surface area contributed by atoms with Gasteiger partial charge in [-0.05, 0) is 30.3 Å². The summed E-state index contributed by atoms with van der Waals surface area (Å²) < 4.78 is 52.2. The van der Waals surface area contributed by atoms with Crippen LogP contribution >= 0.6 is 27.5 Å². The molecule has 0 aliphatic rings. The molecule has 0 amide bonds. The van der Waals surface area contributed by atoms with Crippen LogP contribution in [-0.2, 0) is 12.7 Å². The van der Waals surface area contributed by atoms with E-state index in [9.17, 15) is 17.6 Å². The SMILES string of the molecule is Fc1cc(Br)ccc1CNc1cc(Cl)cc(C(F)(F)F)c1. The highest BCUT2D eigenvalue weighted by molar-refractivity contribution is 9.10. The van der Waals surface area contributed by atoms with Gasteiger partial charge in [-0.3, -0.25) is 0 Å². The zero-order valence-corrected chi connectivity index (χ0v) is 12.8. The topological polar surface area (TPSA) is 12.0 Å². The minimum absolute atomic E-state index is 0.0383. The van der Waals surface area contributed by atoms with Crippen molar-refractivity contribution in [1.29, 1.82) is 0 Å². The molecule has 0 aliphatic carbocycles. The van der Waals surface area contributed by atoms with Gasteiger partial charge >= 0.3 is 6.18 Å². The van der Waals surface area contributed by atoms with Crippen LogP contribution in [0.25, 0.3) is 0 Å². The maximum atomic E-state index is 13.6. The van der Waals surface area contributed by atoms with Crippen LogP contribution in [0.4, 0.5) is 23.2 Å². The van der Waals surface area contributed by atoms with Crippen molar-refractivity contribution < 1.29 is 17.6 Å². The molecule has 0 aromatic heterocycles. The Hall–Kier alpha value is -1.27. The maximum Gasteiger partial charge on any atom is 0.416 e. The molecule has 1 nitrogen and oxygen atoms in total. The van der Waals surface area contributed by atoms with Crippen molar-refractivity contribution >= 4 is 33.2 Å². The van der Waals surface area contributed by atoms with E-state index in [-0.39, 0.29) is 17.3 Å². The molecule has 0 saturated carbocycles. The number of halogens is 6. The Balaban J connectivity index is 2.18. The largest absolute Gasteiger partial charge is 0.416 e. The summed E-state index contributed by atoms with van der Waals surface area (Å²) in [6.07, 6.45) is -4.48. The monoisotopic (exact) mass is 381 g/mol. The number of hydrogen-bond acceptors (Lipinski definition) is 1. The summed E-state index contributed by atoms with van der Waals surface area (Å²) in [5.74, 6) is -0.449. The van der Waals surface area contributed by atoms with Gasteiger partial charge < -0.3 is 5.32 Å². The lowest BCUT2D eigenvalue weighted by atomic mass is 10.1. The predicted octanol–water partition coefficient (Wildman–Crippen LogP) is 5.87. The highest BCUT2D eigenvalue weighted by atomic mass is 79.9. The van der Waals surface area contributed by atoms with Crippen LogP contribution in [0, 0.1) is 5.82 Å². The van der Waals surface area contributed by atoms with Crippen molar-refractivity contribution in [2.24, 2.45) is 0 Å². The lowest BCUT2D eigenvalue weighted by Crippen LogP contribution is -2.07. The fourth-order valence-electron chi connectivity index (χ4n) is 1.72. The van der Waals surface area contributed by atoms with Crippen LogP contribution in [-0.4, -0.2) is 0 Å². The molecule has 0 spiro atoms. The van der Waals surface area contributed by atoms with Crippen LogP contribution < -0.4 is 5.32 Å². The van der Waals surface area contributed by atoms with Gasteiger partial charge in [0.15, 0.2) is 0 Å². The van der Waals surface area contributed by atoms with E-state index in [4.69, 9.17) is 11.6 Å². The molecule has 0 bridgehead atoms. The molecule has 1 N–H and O–H groups in total. The highest BCUT2D eigenvalue weighted by Crippen LogP contribution is 2.33. The second-order valence-corrected chi connectivity index (χ2v) is 5.67. The van der Waals surface area contributed by atoms with Gasteiger partial charge in [-0.15, -0.1) is 0 Å². The van der Waals surface area contributed by atoms with Gasteiger partial charge in [-0.2, -0.15) is 13.2 Å². The quantitative estimate of drug-likeness (QED) is 0.654. The predicted molar refractivity (Wildman–Crippen MR) is 77.9 cm³/mol. The first-order chi connectivity index (χ1) is 9.75. The zero-order chi connectivity index (χ0) is 15.6. The summed E-state index contributed by atoms with van der Waals surface area (Å²) in [7, 11) is 0. The number of anilines is 1. The summed E-state index contributed by atoms with van der Waals surface area (Å²) >= 11 is 8.80. The maximum absolute atomic E-state index is 13.6. The minimum atomic E-state index is -4.48. The molecule has 0 fully saturated rings. The average molecular weight is 383 g/mol. The van der Waals surface area contributed by atoms with Crippen molar-refractivity contribution in [3.05, 3.63) is 62.8 Å². The molecule has 0 atom stereocenters. The van der Waals surface area contributed by atoms with Gasteiger partial charge in [-0.1, -0.05) is 33.6 Å². The van der Waals surface area contributed by atoms with Crippen molar-refractivity contribution in [2.75, 3.05) is 5.32 Å². The molecule has 21 heavy (non-hydrogen) atoms. The molecule has 0 radical (unpaired) electrons. The normalized spacial score (nSPS) is 11.5. The van der Waals surface area contributed by atoms with Crippen LogP contribution in [0.1, 0.15) is 11.1 Å².